The van der Waals surface area contributed by atoms with Crippen LogP contribution in [0.5, 0.6) is 0 Å². The number of H-pyrrole nitrogens is 1. The Kier molecular flexibility index (Phi) is 5.10. The van der Waals surface area contributed by atoms with Crippen molar-refractivity contribution in [3.8, 4) is 22.6 Å². The van der Waals surface area contributed by atoms with Crippen molar-refractivity contribution in [1.29, 1.82) is 0 Å². The lowest BCUT2D eigenvalue weighted by Gasteiger charge is -2.18. The first-order chi connectivity index (χ1) is 15.3. The lowest BCUT2D eigenvalue weighted by atomic mass is 10.1. The highest BCUT2D eigenvalue weighted by atomic mass is 16.1. The highest BCUT2D eigenvalue weighted by Crippen LogP contribution is 2.23. The number of aromatic amines is 1. The van der Waals surface area contributed by atoms with E-state index in [2.05, 4.69) is 30.2 Å². The van der Waals surface area contributed by atoms with Crippen molar-refractivity contribution < 1.29 is 4.79 Å². The molecule has 1 aliphatic heterocycles. The predicted molar refractivity (Wildman–Crippen MR) is 117 cm³/mol. The molecule has 1 amide bonds. The number of nitrogens with one attached hydrogen (secondary N) is 2. The van der Waals surface area contributed by atoms with Crippen molar-refractivity contribution in [1.82, 2.24) is 30.2 Å². The number of amides is 1. The summed E-state index contributed by atoms with van der Waals surface area (Å²) in [6, 6.07) is 13.2. The molecule has 8 nitrogen and oxygen atoms in total. The molecule has 0 aliphatic carbocycles. The van der Waals surface area contributed by atoms with E-state index < -0.39 is 0 Å². The zero-order valence-electron chi connectivity index (χ0n) is 16.8. The van der Waals surface area contributed by atoms with Gasteiger partial charge in [0.05, 0.1) is 11.3 Å². The highest BCUT2D eigenvalue weighted by Gasteiger charge is 2.27. The largest absolute Gasteiger partial charge is 0.347 e. The fourth-order valence-electron chi connectivity index (χ4n) is 3.80. The van der Waals surface area contributed by atoms with Crippen LogP contribution in [-0.4, -0.2) is 50.0 Å². The van der Waals surface area contributed by atoms with E-state index in [1.165, 1.54) is 0 Å². The fraction of sp³-hybridized carbons (Fsp3) is 0.174. The first kappa shape index (κ1) is 18.9. The summed E-state index contributed by atoms with van der Waals surface area (Å²) >= 11 is 0. The number of carbonyl (C=O) groups is 1. The first-order valence-electron chi connectivity index (χ1n) is 10.2. The number of carbonyl (C=O) groups excluding carboxylic acids is 1. The van der Waals surface area contributed by atoms with E-state index in [1.54, 1.807) is 31.0 Å². The predicted octanol–water partition coefficient (Wildman–Crippen LogP) is 2.94. The summed E-state index contributed by atoms with van der Waals surface area (Å²) in [5.74, 6) is 1.23. The summed E-state index contributed by atoms with van der Waals surface area (Å²) in [5, 5.41) is 3.16. The van der Waals surface area contributed by atoms with Crippen LogP contribution >= 0.6 is 0 Å². The Hall–Kier alpha value is -4.07. The number of hydrogen-bond donors (Lipinski definition) is 2. The summed E-state index contributed by atoms with van der Waals surface area (Å²) in [4.78, 5) is 35.7. The van der Waals surface area contributed by atoms with Crippen LogP contribution in [0.1, 0.15) is 16.8 Å². The van der Waals surface area contributed by atoms with E-state index in [1.807, 2.05) is 42.5 Å². The number of nitrogens with zero attached hydrogens (tertiary/aromatic N) is 5. The van der Waals surface area contributed by atoms with Gasteiger partial charge in [-0.2, -0.15) is 0 Å². The van der Waals surface area contributed by atoms with E-state index in [4.69, 9.17) is 4.98 Å². The van der Waals surface area contributed by atoms with E-state index in [0.29, 0.717) is 23.9 Å². The number of benzene rings is 1. The minimum Gasteiger partial charge on any atom is -0.347 e. The van der Waals surface area contributed by atoms with Crippen LogP contribution in [0.3, 0.4) is 0 Å². The van der Waals surface area contributed by atoms with E-state index in [0.717, 1.165) is 29.8 Å². The Labute approximate surface area is 179 Å². The monoisotopic (exact) mass is 411 g/mol. The molecule has 154 valence electrons. The summed E-state index contributed by atoms with van der Waals surface area (Å²) in [5.41, 5.74) is 3.17. The SMILES string of the molecule is O=C(NC1CCN(c2nccc(-c3cccnc3)n2)C1)c1ccccc1-c1ncc[nH]1. The van der Waals surface area contributed by atoms with Gasteiger partial charge in [0.1, 0.15) is 5.82 Å². The maximum absolute atomic E-state index is 13.0. The van der Waals surface area contributed by atoms with Gasteiger partial charge in [0.25, 0.3) is 5.91 Å². The average molecular weight is 411 g/mol. The molecule has 0 bridgehead atoms. The maximum Gasteiger partial charge on any atom is 0.252 e. The molecule has 1 unspecified atom stereocenters. The molecule has 1 saturated heterocycles. The molecule has 8 heteroatoms. The number of imidazole rings is 1. The van der Waals surface area contributed by atoms with Crippen LogP contribution in [-0.2, 0) is 0 Å². The number of anilines is 1. The van der Waals surface area contributed by atoms with Gasteiger partial charge in [0.2, 0.25) is 5.95 Å². The fourth-order valence-corrected chi connectivity index (χ4v) is 3.80. The van der Waals surface area contributed by atoms with Crippen LogP contribution in [0.25, 0.3) is 22.6 Å². The molecule has 1 aliphatic rings. The van der Waals surface area contributed by atoms with Gasteiger partial charge in [-0.25, -0.2) is 15.0 Å². The molecule has 2 N–H and O–H groups in total. The van der Waals surface area contributed by atoms with E-state index >= 15 is 0 Å². The molecule has 4 heterocycles. The molecule has 3 aromatic heterocycles. The van der Waals surface area contributed by atoms with Crippen LogP contribution in [0, 0.1) is 0 Å². The lowest BCUT2D eigenvalue weighted by Crippen LogP contribution is -2.37. The van der Waals surface area contributed by atoms with Crippen molar-refractivity contribution >= 4 is 11.9 Å². The van der Waals surface area contributed by atoms with Crippen LogP contribution in [0.15, 0.2) is 73.4 Å². The number of hydrogen-bond acceptors (Lipinski definition) is 6. The van der Waals surface area contributed by atoms with Gasteiger partial charge < -0.3 is 15.2 Å². The minimum atomic E-state index is -0.108. The molecule has 0 radical (unpaired) electrons. The Balaban J connectivity index is 1.29. The van der Waals surface area contributed by atoms with Gasteiger partial charge in [-0.15, -0.1) is 0 Å². The van der Waals surface area contributed by atoms with Gasteiger partial charge in [0.15, 0.2) is 0 Å². The number of pyridine rings is 1. The second kappa shape index (κ2) is 8.35. The highest BCUT2D eigenvalue weighted by molar-refractivity contribution is 6.00. The van der Waals surface area contributed by atoms with Crippen LogP contribution in [0.4, 0.5) is 5.95 Å². The normalized spacial score (nSPS) is 15.7. The molecule has 1 fully saturated rings. The second-order valence-corrected chi connectivity index (χ2v) is 7.37. The third-order valence-corrected chi connectivity index (χ3v) is 5.33. The van der Waals surface area contributed by atoms with Gasteiger partial charge in [-0.05, 0) is 30.7 Å². The minimum absolute atomic E-state index is 0.0165. The van der Waals surface area contributed by atoms with Crippen LogP contribution < -0.4 is 10.2 Å². The summed E-state index contributed by atoms with van der Waals surface area (Å²) < 4.78 is 0. The Morgan fingerprint density at radius 3 is 2.84 bits per heavy atom. The van der Waals surface area contributed by atoms with Gasteiger partial charge in [0, 0.05) is 61.2 Å². The molecule has 1 atom stereocenters. The van der Waals surface area contributed by atoms with Crippen LogP contribution in [0.2, 0.25) is 0 Å². The number of rotatable bonds is 5. The van der Waals surface area contributed by atoms with Crippen molar-refractivity contribution in [3.63, 3.8) is 0 Å². The Bertz CT molecular complexity index is 1180. The van der Waals surface area contributed by atoms with Crippen molar-refractivity contribution in [2.24, 2.45) is 0 Å². The standard InChI is InChI=1S/C23H21N7O/c31-22(19-6-2-1-5-18(19)21-25-11-12-26-21)28-17-8-13-30(15-17)23-27-10-7-20(29-23)16-4-3-9-24-14-16/h1-7,9-12,14,17H,8,13,15H2,(H,25,26)(H,28,31). The zero-order valence-corrected chi connectivity index (χ0v) is 16.8. The topological polar surface area (TPSA) is 99.7 Å². The molecular formula is C23H21N7O. The van der Waals surface area contributed by atoms with Crippen molar-refractivity contribution in [2.75, 3.05) is 18.0 Å². The third kappa shape index (κ3) is 4.00. The van der Waals surface area contributed by atoms with Crippen molar-refractivity contribution in [2.45, 2.75) is 12.5 Å². The van der Waals surface area contributed by atoms with E-state index in [-0.39, 0.29) is 11.9 Å². The quantitative estimate of drug-likeness (QED) is 0.524. The van der Waals surface area contributed by atoms with E-state index in [9.17, 15) is 4.79 Å². The zero-order chi connectivity index (χ0) is 21.0. The van der Waals surface area contributed by atoms with Gasteiger partial charge in [-0.3, -0.25) is 9.78 Å². The molecule has 4 aromatic rings. The molecule has 0 saturated carbocycles. The van der Waals surface area contributed by atoms with Gasteiger partial charge in [-0.1, -0.05) is 18.2 Å². The molecule has 0 spiro atoms. The Morgan fingerprint density at radius 1 is 1.06 bits per heavy atom. The Morgan fingerprint density at radius 2 is 2.00 bits per heavy atom. The second-order valence-electron chi connectivity index (χ2n) is 7.37. The number of aromatic nitrogens is 5. The summed E-state index contributed by atoms with van der Waals surface area (Å²) in [7, 11) is 0. The molecule has 5 rings (SSSR count). The molecule has 31 heavy (non-hydrogen) atoms. The van der Waals surface area contributed by atoms with Gasteiger partial charge >= 0.3 is 0 Å². The summed E-state index contributed by atoms with van der Waals surface area (Å²) in [6.45, 7) is 1.44. The lowest BCUT2D eigenvalue weighted by molar-refractivity contribution is 0.0941. The first-order valence-corrected chi connectivity index (χ1v) is 10.2. The molecule has 1 aromatic carbocycles. The average Bonchev–Trinajstić information content (AvgIpc) is 3.52. The summed E-state index contributed by atoms with van der Waals surface area (Å²) in [6.07, 6.45) is 9.54. The third-order valence-electron chi connectivity index (χ3n) is 5.33. The smallest absolute Gasteiger partial charge is 0.252 e. The van der Waals surface area contributed by atoms with Crippen molar-refractivity contribution in [3.05, 3.63) is 79.0 Å². The maximum atomic E-state index is 13.0. The molecular weight excluding hydrogens is 390 g/mol.